The lowest BCUT2D eigenvalue weighted by molar-refractivity contribution is -0.206. The zero-order valence-electron chi connectivity index (χ0n) is 8.72. The fourth-order valence-corrected chi connectivity index (χ4v) is 1.91. The van der Waals surface area contributed by atoms with Crippen LogP contribution in [0, 0.1) is 5.92 Å². The second-order valence-electron chi connectivity index (χ2n) is 4.26. The van der Waals surface area contributed by atoms with E-state index in [2.05, 4.69) is 20.8 Å². The lowest BCUT2D eigenvalue weighted by Gasteiger charge is -2.36. The van der Waals surface area contributed by atoms with Gasteiger partial charge >= 0.3 is 0 Å². The molecule has 0 aromatic rings. The van der Waals surface area contributed by atoms with Crippen LogP contribution in [-0.2, 0) is 9.47 Å². The molecule has 0 atom stereocenters. The summed E-state index contributed by atoms with van der Waals surface area (Å²) in [5.41, 5.74) is 0. The van der Waals surface area contributed by atoms with Crippen molar-refractivity contribution in [2.45, 2.75) is 52.2 Å². The van der Waals surface area contributed by atoms with Crippen LogP contribution in [0.25, 0.3) is 0 Å². The normalized spacial score (nSPS) is 24.6. The van der Waals surface area contributed by atoms with Crippen LogP contribution in [0.5, 0.6) is 0 Å². The average molecular weight is 182 g/mol. The summed E-state index contributed by atoms with van der Waals surface area (Å²) in [7, 11) is 0. The van der Waals surface area contributed by atoms with Crippen LogP contribution >= 0.6 is 0 Å². The Hall–Kier alpha value is -0.660. The van der Waals surface area contributed by atoms with Gasteiger partial charge in [0, 0.05) is 25.2 Å². The number of hydrogen-bond acceptors (Lipinski definition) is 2. The molecule has 0 bridgehead atoms. The van der Waals surface area contributed by atoms with Gasteiger partial charge < -0.3 is 9.47 Å². The Morgan fingerprint density at radius 2 is 2.00 bits per heavy atom. The Bertz CT molecular complexity index is 236. The van der Waals surface area contributed by atoms with Gasteiger partial charge in [-0.1, -0.05) is 20.8 Å². The minimum absolute atomic E-state index is 0.231. The molecule has 0 N–H and O–H groups in total. The molecule has 1 aliphatic carbocycles. The molecular formula is C11H18O2. The van der Waals surface area contributed by atoms with E-state index in [0.717, 1.165) is 30.8 Å². The van der Waals surface area contributed by atoms with Crippen LogP contribution in [-0.4, -0.2) is 5.79 Å². The lowest BCUT2D eigenvalue weighted by atomic mass is 9.91. The van der Waals surface area contributed by atoms with Crippen LogP contribution < -0.4 is 0 Å². The number of ether oxygens (including phenoxy) is 2. The summed E-state index contributed by atoms with van der Waals surface area (Å²) in [6.45, 7) is 6.44. The third kappa shape index (κ3) is 1.32. The molecule has 1 spiro atoms. The molecule has 74 valence electrons. The molecule has 2 rings (SSSR count). The number of hydrogen-bond donors (Lipinski definition) is 0. The van der Waals surface area contributed by atoms with E-state index >= 15 is 0 Å². The Morgan fingerprint density at radius 1 is 1.31 bits per heavy atom. The largest absolute Gasteiger partial charge is 0.453 e. The first kappa shape index (κ1) is 8.92. The molecule has 1 heterocycles. The zero-order valence-corrected chi connectivity index (χ0v) is 8.72. The molecule has 0 radical (unpaired) electrons. The first-order valence-corrected chi connectivity index (χ1v) is 5.28. The van der Waals surface area contributed by atoms with E-state index < -0.39 is 0 Å². The van der Waals surface area contributed by atoms with E-state index in [9.17, 15) is 0 Å². The molecule has 2 heteroatoms. The third-order valence-electron chi connectivity index (χ3n) is 2.84. The van der Waals surface area contributed by atoms with Crippen molar-refractivity contribution in [1.82, 2.24) is 0 Å². The Labute approximate surface area is 79.9 Å². The molecule has 0 unspecified atom stereocenters. The first-order chi connectivity index (χ1) is 6.17. The predicted molar refractivity (Wildman–Crippen MR) is 50.9 cm³/mol. The van der Waals surface area contributed by atoms with Crippen LogP contribution in [0.3, 0.4) is 0 Å². The van der Waals surface area contributed by atoms with Crippen LogP contribution in [0.4, 0.5) is 0 Å². The van der Waals surface area contributed by atoms with Gasteiger partial charge in [0.05, 0.1) is 0 Å². The molecule has 0 aromatic carbocycles. The van der Waals surface area contributed by atoms with Crippen molar-refractivity contribution in [1.29, 1.82) is 0 Å². The quantitative estimate of drug-likeness (QED) is 0.653. The minimum Gasteiger partial charge on any atom is -0.453 e. The summed E-state index contributed by atoms with van der Waals surface area (Å²) in [4.78, 5) is 0. The highest BCUT2D eigenvalue weighted by atomic mass is 16.7. The number of rotatable bonds is 2. The topological polar surface area (TPSA) is 18.5 Å². The van der Waals surface area contributed by atoms with Gasteiger partial charge in [0.2, 0.25) is 0 Å². The van der Waals surface area contributed by atoms with Gasteiger partial charge in [0.25, 0.3) is 5.79 Å². The third-order valence-corrected chi connectivity index (χ3v) is 2.84. The fourth-order valence-electron chi connectivity index (χ4n) is 1.91. The summed E-state index contributed by atoms with van der Waals surface area (Å²) < 4.78 is 11.8. The molecule has 0 aromatic heterocycles. The van der Waals surface area contributed by atoms with Crippen molar-refractivity contribution < 1.29 is 9.47 Å². The van der Waals surface area contributed by atoms with Crippen molar-refractivity contribution in [2.75, 3.05) is 0 Å². The first-order valence-electron chi connectivity index (χ1n) is 5.28. The Balaban J connectivity index is 2.13. The van der Waals surface area contributed by atoms with Crippen molar-refractivity contribution in [3.05, 3.63) is 11.5 Å². The van der Waals surface area contributed by atoms with Crippen LogP contribution in [0.2, 0.25) is 0 Å². The second kappa shape index (κ2) is 2.93. The minimum atomic E-state index is -0.231. The van der Waals surface area contributed by atoms with E-state index in [1.165, 1.54) is 6.42 Å². The summed E-state index contributed by atoms with van der Waals surface area (Å²) in [5, 5.41) is 0. The van der Waals surface area contributed by atoms with Crippen molar-refractivity contribution >= 4 is 0 Å². The standard InChI is InChI=1S/C11H18O2/c1-4-9-10(8(2)3)13-11(12-9)6-5-7-11/h8H,4-7H2,1-3H3. The molecule has 1 aliphatic heterocycles. The molecule has 0 amide bonds. The molecule has 1 fully saturated rings. The van der Waals surface area contributed by atoms with E-state index in [4.69, 9.17) is 9.47 Å². The summed E-state index contributed by atoms with van der Waals surface area (Å²) in [6, 6.07) is 0. The zero-order chi connectivity index (χ0) is 9.47. The molecule has 13 heavy (non-hydrogen) atoms. The average Bonchev–Trinajstić information content (AvgIpc) is 2.42. The van der Waals surface area contributed by atoms with Crippen molar-refractivity contribution in [3.8, 4) is 0 Å². The van der Waals surface area contributed by atoms with Crippen LogP contribution in [0.1, 0.15) is 46.5 Å². The maximum absolute atomic E-state index is 5.91. The molecule has 0 saturated heterocycles. The van der Waals surface area contributed by atoms with Gasteiger partial charge in [-0.3, -0.25) is 0 Å². The molecule has 2 nitrogen and oxygen atoms in total. The molecule has 1 saturated carbocycles. The van der Waals surface area contributed by atoms with Gasteiger partial charge in [-0.25, -0.2) is 0 Å². The maximum Gasteiger partial charge on any atom is 0.250 e. The van der Waals surface area contributed by atoms with Gasteiger partial charge in [0.1, 0.15) is 11.5 Å². The second-order valence-corrected chi connectivity index (χ2v) is 4.26. The van der Waals surface area contributed by atoms with Gasteiger partial charge in [-0.15, -0.1) is 0 Å². The van der Waals surface area contributed by atoms with Crippen molar-refractivity contribution in [3.63, 3.8) is 0 Å². The van der Waals surface area contributed by atoms with Crippen LogP contribution in [0.15, 0.2) is 11.5 Å². The van der Waals surface area contributed by atoms with Gasteiger partial charge in [-0.05, 0) is 6.42 Å². The maximum atomic E-state index is 5.91. The molecular weight excluding hydrogens is 164 g/mol. The van der Waals surface area contributed by atoms with E-state index in [1.54, 1.807) is 0 Å². The van der Waals surface area contributed by atoms with E-state index in [-0.39, 0.29) is 5.79 Å². The van der Waals surface area contributed by atoms with Gasteiger partial charge in [-0.2, -0.15) is 0 Å². The Morgan fingerprint density at radius 3 is 2.31 bits per heavy atom. The Kier molecular flexibility index (Phi) is 2.01. The van der Waals surface area contributed by atoms with Crippen molar-refractivity contribution in [2.24, 2.45) is 5.92 Å². The SMILES string of the molecule is CCC1=C(C(C)C)OC2(CCC2)O1. The lowest BCUT2D eigenvalue weighted by Crippen LogP contribution is -2.38. The monoisotopic (exact) mass is 182 g/mol. The molecule has 2 aliphatic rings. The van der Waals surface area contributed by atoms with Gasteiger partial charge in [0.15, 0.2) is 0 Å². The predicted octanol–water partition coefficient (Wildman–Crippen LogP) is 3.19. The smallest absolute Gasteiger partial charge is 0.250 e. The highest BCUT2D eigenvalue weighted by molar-refractivity contribution is 5.12. The van der Waals surface area contributed by atoms with E-state index in [1.807, 2.05) is 0 Å². The highest BCUT2D eigenvalue weighted by Crippen LogP contribution is 2.47. The summed E-state index contributed by atoms with van der Waals surface area (Å²) >= 11 is 0. The number of allylic oxidation sites excluding steroid dienone is 2. The fraction of sp³-hybridized carbons (Fsp3) is 0.818. The summed E-state index contributed by atoms with van der Waals surface area (Å²) in [6.07, 6.45) is 4.32. The summed E-state index contributed by atoms with van der Waals surface area (Å²) in [5.74, 6) is 2.39. The van der Waals surface area contributed by atoms with E-state index in [0.29, 0.717) is 5.92 Å². The highest BCUT2D eigenvalue weighted by Gasteiger charge is 2.47.